The number of nitrogens with one attached hydrogen (secondary N) is 1. The Kier molecular flexibility index (Phi) is 3.91. The van der Waals surface area contributed by atoms with E-state index in [1.165, 1.54) is 19.2 Å². The fourth-order valence-corrected chi connectivity index (χ4v) is 4.01. The molecule has 0 aromatic carbocycles. The van der Waals surface area contributed by atoms with Crippen LogP contribution in [0.4, 0.5) is 5.82 Å². The number of anilines is 1. The van der Waals surface area contributed by atoms with E-state index in [4.69, 9.17) is 0 Å². The number of aryl methyl sites for hydroxylation is 1. The molecule has 3 aromatic heterocycles. The van der Waals surface area contributed by atoms with Crippen LogP contribution in [-0.2, 0) is 0 Å². The van der Waals surface area contributed by atoms with Crippen molar-refractivity contribution in [2.75, 3.05) is 5.32 Å². The SMILES string of the molecule is Cc1cc(NC2CCC(n3nc(C4CC4)ccc3=O)CC2)n2ncnc2n1. The minimum atomic E-state index is 0.0184. The average molecular weight is 365 g/mol. The third kappa shape index (κ3) is 3.20. The van der Waals surface area contributed by atoms with E-state index in [0.717, 1.165) is 42.9 Å². The van der Waals surface area contributed by atoms with Crippen LogP contribution in [0.2, 0.25) is 0 Å². The van der Waals surface area contributed by atoms with E-state index in [1.807, 2.05) is 19.1 Å². The number of hydrogen-bond donors (Lipinski definition) is 1. The number of nitrogens with zero attached hydrogens (tertiary/aromatic N) is 6. The van der Waals surface area contributed by atoms with E-state index in [0.29, 0.717) is 17.7 Å². The second kappa shape index (κ2) is 6.44. The molecule has 0 radical (unpaired) electrons. The van der Waals surface area contributed by atoms with E-state index in [9.17, 15) is 4.79 Å². The van der Waals surface area contributed by atoms with Crippen molar-refractivity contribution < 1.29 is 0 Å². The average Bonchev–Trinajstić information content (AvgIpc) is 3.41. The summed E-state index contributed by atoms with van der Waals surface area (Å²) >= 11 is 0. The van der Waals surface area contributed by atoms with Crippen LogP contribution in [0.25, 0.3) is 5.78 Å². The Morgan fingerprint density at radius 3 is 2.70 bits per heavy atom. The quantitative estimate of drug-likeness (QED) is 0.764. The highest BCUT2D eigenvalue weighted by atomic mass is 16.1. The summed E-state index contributed by atoms with van der Waals surface area (Å²) in [6, 6.07) is 6.13. The lowest BCUT2D eigenvalue weighted by Gasteiger charge is -2.30. The van der Waals surface area contributed by atoms with Crippen LogP contribution in [0, 0.1) is 6.92 Å². The molecule has 2 aliphatic carbocycles. The molecule has 0 bridgehead atoms. The van der Waals surface area contributed by atoms with Crippen molar-refractivity contribution in [1.82, 2.24) is 29.4 Å². The summed E-state index contributed by atoms with van der Waals surface area (Å²) < 4.78 is 3.47. The van der Waals surface area contributed by atoms with E-state index in [2.05, 4.69) is 25.5 Å². The van der Waals surface area contributed by atoms with E-state index >= 15 is 0 Å². The second-order valence-electron chi connectivity index (χ2n) is 7.72. The van der Waals surface area contributed by atoms with Crippen molar-refractivity contribution >= 4 is 11.6 Å². The molecule has 0 atom stereocenters. The number of fused-ring (bicyclic) bond motifs is 1. The Balaban J connectivity index is 1.30. The van der Waals surface area contributed by atoms with Gasteiger partial charge in [0.15, 0.2) is 0 Å². The van der Waals surface area contributed by atoms with Crippen molar-refractivity contribution in [2.24, 2.45) is 0 Å². The molecule has 0 aliphatic heterocycles. The molecule has 27 heavy (non-hydrogen) atoms. The molecule has 0 saturated heterocycles. The maximum absolute atomic E-state index is 12.3. The van der Waals surface area contributed by atoms with Crippen molar-refractivity contribution in [3.63, 3.8) is 0 Å². The fraction of sp³-hybridized carbons (Fsp3) is 0.526. The van der Waals surface area contributed by atoms with Gasteiger partial charge in [0, 0.05) is 29.8 Å². The highest BCUT2D eigenvalue weighted by Crippen LogP contribution is 2.38. The molecule has 0 spiro atoms. The van der Waals surface area contributed by atoms with Gasteiger partial charge < -0.3 is 5.32 Å². The normalized spacial score (nSPS) is 22.9. The molecule has 5 rings (SSSR count). The van der Waals surface area contributed by atoms with Crippen LogP contribution in [0.15, 0.2) is 29.3 Å². The number of rotatable bonds is 4. The largest absolute Gasteiger partial charge is 0.367 e. The summed E-state index contributed by atoms with van der Waals surface area (Å²) in [6.45, 7) is 1.96. The van der Waals surface area contributed by atoms with Crippen LogP contribution in [-0.4, -0.2) is 35.4 Å². The second-order valence-corrected chi connectivity index (χ2v) is 7.72. The molecule has 2 saturated carbocycles. The molecule has 3 aromatic rings. The first-order valence-electron chi connectivity index (χ1n) is 9.71. The van der Waals surface area contributed by atoms with E-state index in [1.54, 1.807) is 15.3 Å². The van der Waals surface area contributed by atoms with Gasteiger partial charge in [0.25, 0.3) is 11.3 Å². The monoisotopic (exact) mass is 365 g/mol. The van der Waals surface area contributed by atoms with Gasteiger partial charge in [-0.1, -0.05) is 0 Å². The Morgan fingerprint density at radius 1 is 1.11 bits per heavy atom. The first kappa shape index (κ1) is 16.4. The van der Waals surface area contributed by atoms with E-state index < -0.39 is 0 Å². The minimum absolute atomic E-state index is 0.0184. The van der Waals surface area contributed by atoms with Crippen LogP contribution < -0.4 is 10.9 Å². The van der Waals surface area contributed by atoms with Crippen LogP contribution in [0.5, 0.6) is 0 Å². The zero-order valence-electron chi connectivity index (χ0n) is 15.4. The van der Waals surface area contributed by atoms with Gasteiger partial charge in [0.2, 0.25) is 0 Å². The van der Waals surface area contributed by atoms with Crippen molar-refractivity contribution in [2.45, 2.75) is 63.5 Å². The van der Waals surface area contributed by atoms with Gasteiger partial charge in [-0.2, -0.15) is 19.7 Å². The minimum Gasteiger partial charge on any atom is -0.367 e. The fourth-order valence-electron chi connectivity index (χ4n) is 4.01. The predicted molar refractivity (Wildman–Crippen MR) is 101 cm³/mol. The lowest BCUT2D eigenvalue weighted by Crippen LogP contribution is -2.33. The number of hydrogen-bond acceptors (Lipinski definition) is 6. The highest BCUT2D eigenvalue weighted by Gasteiger charge is 2.28. The van der Waals surface area contributed by atoms with Gasteiger partial charge >= 0.3 is 0 Å². The van der Waals surface area contributed by atoms with Gasteiger partial charge in [-0.15, -0.1) is 0 Å². The summed E-state index contributed by atoms with van der Waals surface area (Å²) in [4.78, 5) is 20.9. The predicted octanol–water partition coefficient (Wildman–Crippen LogP) is 2.46. The van der Waals surface area contributed by atoms with Crippen LogP contribution in [0.3, 0.4) is 0 Å². The van der Waals surface area contributed by atoms with Crippen LogP contribution >= 0.6 is 0 Å². The topological polar surface area (TPSA) is 90.0 Å². The molecule has 0 unspecified atom stereocenters. The molecule has 8 heteroatoms. The van der Waals surface area contributed by atoms with Gasteiger partial charge in [-0.25, -0.2) is 9.67 Å². The summed E-state index contributed by atoms with van der Waals surface area (Å²) in [7, 11) is 0. The summed E-state index contributed by atoms with van der Waals surface area (Å²) in [6.07, 6.45) is 7.79. The Labute approximate surface area is 156 Å². The van der Waals surface area contributed by atoms with Gasteiger partial charge in [-0.05, 0) is 51.5 Å². The Hall–Kier alpha value is -2.77. The van der Waals surface area contributed by atoms with Crippen molar-refractivity contribution in [1.29, 1.82) is 0 Å². The Morgan fingerprint density at radius 2 is 1.93 bits per heavy atom. The van der Waals surface area contributed by atoms with Crippen LogP contribution in [0.1, 0.15) is 61.9 Å². The molecule has 0 amide bonds. The maximum atomic E-state index is 12.3. The highest BCUT2D eigenvalue weighted by molar-refractivity contribution is 5.45. The smallest absolute Gasteiger partial charge is 0.267 e. The molecule has 2 fully saturated rings. The molecule has 8 nitrogen and oxygen atoms in total. The lowest BCUT2D eigenvalue weighted by atomic mass is 9.91. The summed E-state index contributed by atoms with van der Waals surface area (Å²) in [5.74, 6) is 2.10. The lowest BCUT2D eigenvalue weighted by molar-refractivity contribution is 0.301. The molecular formula is C19H23N7O. The van der Waals surface area contributed by atoms with Gasteiger partial charge in [-0.3, -0.25) is 4.79 Å². The van der Waals surface area contributed by atoms with Gasteiger partial charge in [0.05, 0.1) is 11.7 Å². The third-order valence-electron chi connectivity index (χ3n) is 5.62. The third-order valence-corrected chi connectivity index (χ3v) is 5.62. The van der Waals surface area contributed by atoms with Gasteiger partial charge in [0.1, 0.15) is 12.1 Å². The molecule has 2 aliphatic rings. The summed E-state index contributed by atoms with van der Waals surface area (Å²) in [5.41, 5.74) is 2.01. The van der Waals surface area contributed by atoms with Crippen molar-refractivity contribution in [3.8, 4) is 0 Å². The molecule has 140 valence electrons. The van der Waals surface area contributed by atoms with E-state index in [-0.39, 0.29) is 11.6 Å². The first-order valence-corrected chi connectivity index (χ1v) is 9.71. The molecule has 3 heterocycles. The zero-order valence-corrected chi connectivity index (χ0v) is 15.4. The first-order chi connectivity index (χ1) is 13.2. The molecule has 1 N–H and O–H groups in total. The standard InChI is InChI=1S/C19H23N7O/c1-12-10-17(26-19(22-12)20-11-21-26)23-14-4-6-15(7-5-14)25-18(27)9-8-16(24-25)13-2-3-13/h8-11,13-15,23H,2-7H2,1H3. The number of aromatic nitrogens is 6. The summed E-state index contributed by atoms with van der Waals surface area (Å²) in [5, 5.41) is 12.5. The Bertz CT molecular complexity index is 1030. The van der Waals surface area contributed by atoms with Crippen molar-refractivity contribution in [3.05, 3.63) is 46.3 Å². The maximum Gasteiger partial charge on any atom is 0.267 e. The zero-order chi connectivity index (χ0) is 18.4. The molecular weight excluding hydrogens is 342 g/mol.